The third-order valence-corrected chi connectivity index (χ3v) is 3.79. The average Bonchev–Trinajstić information content (AvgIpc) is 2.10. The van der Waals surface area contributed by atoms with Crippen LogP contribution in [0.4, 0.5) is 0 Å². The summed E-state index contributed by atoms with van der Waals surface area (Å²) in [5.41, 5.74) is -0.0890. The van der Waals surface area contributed by atoms with E-state index in [0.717, 1.165) is 19.3 Å². The monoisotopic (exact) mass is 194 g/mol. The standard InChI is InChI=1S/C13H22O/c1-5-7-13(10(2)3)8-6-11(4)9-12(13)14/h5,10-11H,1,6-9H2,2-4H3. The Hall–Kier alpha value is -0.590. The molecule has 0 radical (unpaired) electrons. The Morgan fingerprint density at radius 2 is 2.29 bits per heavy atom. The van der Waals surface area contributed by atoms with Crippen LogP contribution in [0.1, 0.15) is 46.5 Å². The van der Waals surface area contributed by atoms with Crippen molar-refractivity contribution < 1.29 is 4.79 Å². The highest BCUT2D eigenvalue weighted by atomic mass is 16.1. The molecule has 14 heavy (non-hydrogen) atoms. The molecule has 0 saturated heterocycles. The number of carbonyl (C=O) groups excluding carboxylic acids is 1. The number of Topliss-reactive ketones (excluding diaryl/α,β-unsaturated/α-hetero) is 1. The summed E-state index contributed by atoms with van der Waals surface area (Å²) in [5, 5.41) is 0. The largest absolute Gasteiger partial charge is 0.299 e. The maximum absolute atomic E-state index is 12.1. The first-order valence-corrected chi connectivity index (χ1v) is 5.67. The fourth-order valence-corrected chi connectivity index (χ4v) is 2.59. The molecule has 1 saturated carbocycles. The van der Waals surface area contributed by atoms with Crippen LogP contribution in [0.15, 0.2) is 12.7 Å². The van der Waals surface area contributed by atoms with Crippen LogP contribution in [0.3, 0.4) is 0 Å². The SMILES string of the molecule is C=CCC1(C(C)C)CCC(C)CC1=O. The molecule has 0 heterocycles. The highest BCUT2D eigenvalue weighted by Crippen LogP contribution is 2.44. The Morgan fingerprint density at radius 1 is 1.64 bits per heavy atom. The summed E-state index contributed by atoms with van der Waals surface area (Å²) in [6.07, 6.45) is 5.78. The maximum atomic E-state index is 12.1. The van der Waals surface area contributed by atoms with Crippen LogP contribution in [-0.2, 0) is 4.79 Å². The summed E-state index contributed by atoms with van der Waals surface area (Å²) in [7, 11) is 0. The van der Waals surface area contributed by atoms with Crippen molar-refractivity contribution in [2.24, 2.45) is 17.3 Å². The maximum Gasteiger partial charge on any atom is 0.139 e. The third kappa shape index (κ3) is 1.92. The van der Waals surface area contributed by atoms with Gasteiger partial charge in [-0.15, -0.1) is 6.58 Å². The van der Waals surface area contributed by atoms with Crippen LogP contribution in [0.2, 0.25) is 0 Å². The van der Waals surface area contributed by atoms with Crippen LogP contribution >= 0.6 is 0 Å². The molecule has 1 aliphatic carbocycles. The van der Waals surface area contributed by atoms with Crippen molar-refractivity contribution in [3.8, 4) is 0 Å². The molecule has 0 N–H and O–H groups in total. The highest BCUT2D eigenvalue weighted by Gasteiger charge is 2.42. The van der Waals surface area contributed by atoms with Crippen molar-refractivity contribution in [1.29, 1.82) is 0 Å². The van der Waals surface area contributed by atoms with Gasteiger partial charge in [-0.05, 0) is 31.1 Å². The van der Waals surface area contributed by atoms with E-state index >= 15 is 0 Å². The van der Waals surface area contributed by atoms with E-state index in [1.54, 1.807) is 0 Å². The van der Waals surface area contributed by atoms with Gasteiger partial charge in [0.1, 0.15) is 5.78 Å². The lowest BCUT2D eigenvalue weighted by Crippen LogP contribution is -2.40. The Morgan fingerprint density at radius 3 is 2.71 bits per heavy atom. The van der Waals surface area contributed by atoms with E-state index < -0.39 is 0 Å². The summed E-state index contributed by atoms with van der Waals surface area (Å²) in [6, 6.07) is 0. The van der Waals surface area contributed by atoms with Crippen molar-refractivity contribution in [3.05, 3.63) is 12.7 Å². The number of hydrogen-bond donors (Lipinski definition) is 0. The highest BCUT2D eigenvalue weighted by molar-refractivity contribution is 5.86. The van der Waals surface area contributed by atoms with E-state index in [9.17, 15) is 4.79 Å². The van der Waals surface area contributed by atoms with Crippen molar-refractivity contribution >= 4 is 5.78 Å². The summed E-state index contributed by atoms with van der Waals surface area (Å²) in [6.45, 7) is 10.3. The molecule has 0 aliphatic heterocycles. The molecule has 0 aromatic rings. The van der Waals surface area contributed by atoms with Crippen LogP contribution < -0.4 is 0 Å². The van der Waals surface area contributed by atoms with Crippen molar-refractivity contribution in [1.82, 2.24) is 0 Å². The van der Waals surface area contributed by atoms with Gasteiger partial charge in [-0.25, -0.2) is 0 Å². The van der Waals surface area contributed by atoms with E-state index in [4.69, 9.17) is 0 Å². The normalized spacial score (nSPS) is 33.4. The molecular weight excluding hydrogens is 172 g/mol. The zero-order chi connectivity index (χ0) is 10.8. The average molecular weight is 194 g/mol. The van der Waals surface area contributed by atoms with Crippen molar-refractivity contribution in [3.63, 3.8) is 0 Å². The minimum absolute atomic E-state index is 0.0890. The van der Waals surface area contributed by atoms with Gasteiger partial charge in [0.25, 0.3) is 0 Å². The van der Waals surface area contributed by atoms with Gasteiger partial charge in [0, 0.05) is 11.8 Å². The Balaban J connectivity index is 2.86. The van der Waals surface area contributed by atoms with E-state index in [1.165, 1.54) is 6.42 Å². The molecule has 80 valence electrons. The molecule has 2 atom stereocenters. The van der Waals surface area contributed by atoms with Gasteiger partial charge in [0.15, 0.2) is 0 Å². The molecule has 1 rings (SSSR count). The number of hydrogen-bond acceptors (Lipinski definition) is 1. The molecule has 1 fully saturated rings. The minimum atomic E-state index is -0.0890. The quantitative estimate of drug-likeness (QED) is 0.627. The van der Waals surface area contributed by atoms with Crippen LogP contribution in [0.25, 0.3) is 0 Å². The molecule has 0 bridgehead atoms. The molecule has 2 unspecified atom stereocenters. The lowest BCUT2D eigenvalue weighted by Gasteiger charge is -2.40. The van der Waals surface area contributed by atoms with E-state index in [2.05, 4.69) is 27.4 Å². The fourth-order valence-electron chi connectivity index (χ4n) is 2.59. The predicted molar refractivity (Wildman–Crippen MR) is 60.1 cm³/mol. The van der Waals surface area contributed by atoms with Gasteiger partial charge in [-0.3, -0.25) is 4.79 Å². The van der Waals surface area contributed by atoms with Gasteiger partial charge in [-0.2, -0.15) is 0 Å². The van der Waals surface area contributed by atoms with Crippen molar-refractivity contribution in [2.45, 2.75) is 46.5 Å². The minimum Gasteiger partial charge on any atom is -0.299 e. The summed E-state index contributed by atoms with van der Waals surface area (Å²) in [4.78, 5) is 12.1. The molecule has 0 aromatic heterocycles. The van der Waals surface area contributed by atoms with Crippen LogP contribution in [0.5, 0.6) is 0 Å². The van der Waals surface area contributed by atoms with Gasteiger partial charge >= 0.3 is 0 Å². The van der Waals surface area contributed by atoms with E-state index in [1.807, 2.05) is 6.08 Å². The second-order valence-electron chi connectivity index (χ2n) is 5.07. The van der Waals surface area contributed by atoms with Gasteiger partial charge in [0.2, 0.25) is 0 Å². The number of rotatable bonds is 3. The molecule has 0 aromatic carbocycles. The first kappa shape index (κ1) is 11.5. The zero-order valence-corrected chi connectivity index (χ0v) is 9.68. The number of carbonyl (C=O) groups is 1. The second-order valence-corrected chi connectivity index (χ2v) is 5.07. The lowest BCUT2D eigenvalue weighted by molar-refractivity contribution is -0.135. The summed E-state index contributed by atoms with van der Waals surface area (Å²) < 4.78 is 0. The molecule has 1 aliphatic rings. The molecule has 1 heteroatoms. The Labute approximate surface area is 87.6 Å². The van der Waals surface area contributed by atoms with E-state index in [0.29, 0.717) is 17.6 Å². The summed E-state index contributed by atoms with van der Waals surface area (Å²) >= 11 is 0. The molecule has 0 amide bonds. The Kier molecular flexibility index (Phi) is 3.52. The lowest BCUT2D eigenvalue weighted by atomic mass is 9.62. The third-order valence-electron chi connectivity index (χ3n) is 3.79. The first-order chi connectivity index (χ1) is 6.53. The van der Waals surface area contributed by atoms with Gasteiger partial charge in [-0.1, -0.05) is 26.8 Å². The number of allylic oxidation sites excluding steroid dienone is 1. The van der Waals surface area contributed by atoms with Crippen LogP contribution in [0, 0.1) is 17.3 Å². The van der Waals surface area contributed by atoms with Crippen LogP contribution in [-0.4, -0.2) is 5.78 Å². The Bertz CT molecular complexity index is 229. The first-order valence-electron chi connectivity index (χ1n) is 5.67. The fraction of sp³-hybridized carbons (Fsp3) is 0.769. The van der Waals surface area contributed by atoms with Gasteiger partial charge < -0.3 is 0 Å². The van der Waals surface area contributed by atoms with E-state index in [-0.39, 0.29) is 5.41 Å². The molecule has 0 spiro atoms. The smallest absolute Gasteiger partial charge is 0.139 e. The topological polar surface area (TPSA) is 17.1 Å². The van der Waals surface area contributed by atoms with Crippen molar-refractivity contribution in [2.75, 3.05) is 0 Å². The van der Waals surface area contributed by atoms with Gasteiger partial charge in [0.05, 0.1) is 0 Å². The summed E-state index contributed by atoms with van der Waals surface area (Å²) in [5.74, 6) is 1.49. The molecular formula is C13H22O. The molecule has 1 nitrogen and oxygen atoms in total. The number of ketones is 1. The predicted octanol–water partition coefficient (Wildman–Crippen LogP) is 3.59. The zero-order valence-electron chi connectivity index (χ0n) is 9.68. The second kappa shape index (κ2) is 4.29.